The Kier molecular flexibility index (Phi) is 5.39. The Bertz CT molecular complexity index is 929. The van der Waals surface area contributed by atoms with Gasteiger partial charge in [0.1, 0.15) is 4.90 Å². The minimum atomic E-state index is -3.68. The van der Waals surface area contributed by atoms with E-state index < -0.39 is 10.0 Å². The lowest BCUT2D eigenvalue weighted by Crippen LogP contribution is -2.50. The number of aromatic nitrogens is 1. The highest BCUT2D eigenvalue weighted by atomic mass is 35.5. The number of sulfonamides is 1. The third kappa shape index (κ3) is 3.64. The largest absolute Gasteiger partial charge is 0.335 e. The number of pyridine rings is 1. The van der Waals surface area contributed by atoms with E-state index in [1.165, 1.54) is 27.9 Å². The Morgan fingerprint density at radius 3 is 2.38 bits per heavy atom. The van der Waals surface area contributed by atoms with E-state index >= 15 is 0 Å². The van der Waals surface area contributed by atoms with Crippen molar-refractivity contribution < 1.29 is 13.2 Å². The summed E-state index contributed by atoms with van der Waals surface area (Å²) in [5, 5.41) is 0.284. The first-order chi connectivity index (χ1) is 12.2. The third-order valence-electron chi connectivity index (χ3n) is 4.53. The molecule has 0 N–H and O–H groups in total. The summed E-state index contributed by atoms with van der Waals surface area (Å²) < 4.78 is 27.2. The van der Waals surface area contributed by atoms with Gasteiger partial charge < -0.3 is 4.90 Å². The molecule has 0 radical (unpaired) electrons. The summed E-state index contributed by atoms with van der Waals surface area (Å²) >= 11 is 7.39. The Labute approximate surface area is 162 Å². The van der Waals surface area contributed by atoms with Gasteiger partial charge in [-0.1, -0.05) is 11.6 Å². The summed E-state index contributed by atoms with van der Waals surface area (Å²) in [7, 11) is -3.68. The van der Waals surface area contributed by atoms with Crippen molar-refractivity contribution in [2.75, 3.05) is 26.2 Å². The number of piperazine rings is 1. The average Bonchev–Trinajstić information content (AvgIpc) is 2.95. The molecule has 0 bridgehead atoms. The lowest BCUT2D eigenvalue weighted by molar-refractivity contribution is 0.0702. The second-order valence-electron chi connectivity index (χ2n) is 6.28. The average molecular weight is 414 g/mol. The fourth-order valence-electron chi connectivity index (χ4n) is 2.86. The number of carbonyl (C=O) groups is 1. The minimum absolute atomic E-state index is 0.0381. The maximum atomic E-state index is 12.9. The molecule has 1 saturated heterocycles. The SMILES string of the molecule is Cc1cc(C(=O)N2CCN(S(=O)(=O)c3cc(Cl)cnc3C)CC2)sc1C. The molecule has 1 aliphatic rings. The van der Waals surface area contributed by atoms with Crippen LogP contribution in [0.5, 0.6) is 0 Å². The molecule has 26 heavy (non-hydrogen) atoms. The van der Waals surface area contributed by atoms with Crippen LogP contribution >= 0.6 is 22.9 Å². The van der Waals surface area contributed by atoms with Crippen LogP contribution in [-0.2, 0) is 10.0 Å². The number of hydrogen-bond donors (Lipinski definition) is 0. The van der Waals surface area contributed by atoms with E-state index in [0.29, 0.717) is 23.7 Å². The number of amides is 1. The molecule has 6 nitrogen and oxygen atoms in total. The number of halogens is 1. The summed E-state index contributed by atoms with van der Waals surface area (Å²) in [5.41, 5.74) is 1.51. The summed E-state index contributed by atoms with van der Waals surface area (Å²) in [6, 6.07) is 3.32. The van der Waals surface area contributed by atoms with Crippen LogP contribution in [0.1, 0.15) is 25.8 Å². The topological polar surface area (TPSA) is 70.6 Å². The van der Waals surface area contributed by atoms with Crippen LogP contribution < -0.4 is 0 Å². The Hall–Kier alpha value is -1.48. The molecule has 0 aromatic carbocycles. The maximum Gasteiger partial charge on any atom is 0.264 e. The summed E-state index contributed by atoms with van der Waals surface area (Å²) in [4.78, 5) is 20.3. The second-order valence-corrected chi connectivity index (χ2v) is 9.88. The standard InChI is InChI=1S/C17H20ClN3O3S2/c1-11-8-15(25-13(11)3)17(22)20-4-6-21(7-5-20)26(23,24)16-9-14(18)10-19-12(16)2/h8-10H,4-7H2,1-3H3. The van der Waals surface area contributed by atoms with Crippen LogP contribution in [0.2, 0.25) is 5.02 Å². The molecule has 2 aromatic heterocycles. The van der Waals surface area contributed by atoms with E-state index in [-0.39, 0.29) is 28.9 Å². The highest BCUT2D eigenvalue weighted by molar-refractivity contribution is 7.89. The van der Waals surface area contributed by atoms with E-state index in [9.17, 15) is 13.2 Å². The monoisotopic (exact) mass is 413 g/mol. The van der Waals surface area contributed by atoms with Crippen LogP contribution in [0.4, 0.5) is 0 Å². The fourth-order valence-corrected chi connectivity index (χ4v) is 5.70. The first kappa shape index (κ1) is 19.3. The van der Waals surface area contributed by atoms with Crippen molar-refractivity contribution in [3.8, 4) is 0 Å². The molecule has 0 aliphatic carbocycles. The molecule has 0 atom stereocenters. The van der Waals surface area contributed by atoms with Gasteiger partial charge >= 0.3 is 0 Å². The number of rotatable bonds is 3. The number of carbonyl (C=O) groups excluding carboxylic acids is 1. The highest BCUT2D eigenvalue weighted by Gasteiger charge is 2.32. The molecule has 0 unspecified atom stereocenters. The predicted octanol–water partition coefficient (Wildman–Crippen LogP) is 2.87. The summed E-state index contributed by atoms with van der Waals surface area (Å²) in [6.45, 7) is 6.84. The molecule has 1 amide bonds. The van der Waals surface area contributed by atoms with Crippen LogP contribution in [0, 0.1) is 20.8 Å². The predicted molar refractivity (Wildman–Crippen MR) is 102 cm³/mol. The fraction of sp³-hybridized carbons (Fsp3) is 0.412. The minimum Gasteiger partial charge on any atom is -0.335 e. The number of aryl methyl sites for hydroxylation is 3. The van der Waals surface area contributed by atoms with Gasteiger partial charge in [0, 0.05) is 37.3 Å². The molecule has 1 aliphatic heterocycles. The molecule has 2 aromatic rings. The summed E-state index contributed by atoms with van der Waals surface area (Å²) in [5.74, 6) is -0.0381. The van der Waals surface area contributed by atoms with Crippen LogP contribution in [-0.4, -0.2) is 54.7 Å². The van der Waals surface area contributed by atoms with Crippen LogP contribution in [0.15, 0.2) is 23.2 Å². The van der Waals surface area contributed by atoms with E-state index in [1.54, 1.807) is 11.8 Å². The first-order valence-corrected chi connectivity index (χ1v) is 10.8. The van der Waals surface area contributed by atoms with Gasteiger partial charge in [-0.15, -0.1) is 11.3 Å². The normalized spacial score (nSPS) is 16.1. The summed E-state index contributed by atoms with van der Waals surface area (Å²) in [6.07, 6.45) is 1.43. The quantitative estimate of drug-likeness (QED) is 0.775. The molecule has 3 rings (SSSR count). The molecular weight excluding hydrogens is 394 g/mol. The van der Waals surface area contributed by atoms with Gasteiger partial charge in [0.25, 0.3) is 5.91 Å². The zero-order valence-corrected chi connectivity index (χ0v) is 17.2. The molecule has 9 heteroatoms. The van der Waals surface area contributed by atoms with E-state index in [0.717, 1.165) is 10.4 Å². The lowest BCUT2D eigenvalue weighted by atomic mass is 10.2. The van der Waals surface area contributed by atoms with Crippen molar-refractivity contribution in [2.45, 2.75) is 25.7 Å². The van der Waals surface area contributed by atoms with Crippen molar-refractivity contribution in [3.05, 3.63) is 44.4 Å². The number of nitrogens with zero attached hydrogens (tertiary/aromatic N) is 3. The Morgan fingerprint density at radius 1 is 1.15 bits per heavy atom. The van der Waals surface area contributed by atoms with Gasteiger partial charge in [-0.3, -0.25) is 9.78 Å². The van der Waals surface area contributed by atoms with E-state index in [4.69, 9.17) is 11.6 Å². The third-order valence-corrected chi connectivity index (χ3v) is 7.89. The van der Waals surface area contributed by atoms with Gasteiger partial charge in [0.05, 0.1) is 15.6 Å². The van der Waals surface area contributed by atoms with E-state index in [2.05, 4.69) is 4.98 Å². The van der Waals surface area contributed by atoms with Gasteiger partial charge in [-0.2, -0.15) is 4.31 Å². The van der Waals surface area contributed by atoms with Crippen LogP contribution in [0.3, 0.4) is 0 Å². The molecule has 0 spiro atoms. The first-order valence-electron chi connectivity index (χ1n) is 8.19. The number of thiophene rings is 1. The van der Waals surface area contributed by atoms with Gasteiger partial charge in [0.2, 0.25) is 10.0 Å². The van der Waals surface area contributed by atoms with Gasteiger partial charge in [-0.25, -0.2) is 8.42 Å². The molecule has 3 heterocycles. The lowest BCUT2D eigenvalue weighted by Gasteiger charge is -2.34. The molecular formula is C17H20ClN3O3S2. The second kappa shape index (κ2) is 7.26. The van der Waals surface area contributed by atoms with Crippen molar-refractivity contribution in [1.82, 2.24) is 14.2 Å². The zero-order chi connectivity index (χ0) is 19.1. The van der Waals surface area contributed by atoms with Crippen molar-refractivity contribution in [1.29, 1.82) is 0 Å². The molecule has 140 valence electrons. The Morgan fingerprint density at radius 2 is 1.81 bits per heavy atom. The van der Waals surface area contributed by atoms with E-state index in [1.807, 2.05) is 19.9 Å². The highest BCUT2D eigenvalue weighted by Crippen LogP contribution is 2.25. The van der Waals surface area contributed by atoms with Gasteiger partial charge in [-0.05, 0) is 38.5 Å². The Balaban J connectivity index is 1.73. The molecule has 1 fully saturated rings. The molecule has 0 saturated carbocycles. The van der Waals surface area contributed by atoms with Crippen molar-refractivity contribution >= 4 is 38.9 Å². The maximum absolute atomic E-state index is 12.9. The number of hydrogen-bond acceptors (Lipinski definition) is 5. The van der Waals surface area contributed by atoms with Crippen molar-refractivity contribution in [2.24, 2.45) is 0 Å². The van der Waals surface area contributed by atoms with Crippen LogP contribution in [0.25, 0.3) is 0 Å². The zero-order valence-electron chi connectivity index (χ0n) is 14.8. The van der Waals surface area contributed by atoms with Gasteiger partial charge in [0.15, 0.2) is 0 Å². The van der Waals surface area contributed by atoms with Crippen molar-refractivity contribution in [3.63, 3.8) is 0 Å². The smallest absolute Gasteiger partial charge is 0.264 e.